The van der Waals surface area contributed by atoms with E-state index >= 15 is 0 Å². The second kappa shape index (κ2) is 8.10. The highest BCUT2D eigenvalue weighted by molar-refractivity contribution is 5.49. The van der Waals surface area contributed by atoms with Crippen LogP contribution in [0.4, 0.5) is 24.8 Å². The Labute approximate surface area is 124 Å². The number of aromatic nitrogens is 1. The third-order valence-electron chi connectivity index (χ3n) is 3.29. The molecule has 1 rings (SSSR count). The van der Waals surface area contributed by atoms with Crippen molar-refractivity contribution >= 4 is 11.6 Å². The van der Waals surface area contributed by atoms with Crippen molar-refractivity contribution in [3.05, 3.63) is 17.7 Å². The van der Waals surface area contributed by atoms with Crippen LogP contribution in [-0.4, -0.2) is 18.1 Å². The largest absolute Gasteiger partial charge is 0.416 e. The van der Waals surface area contributed by atoms with E-state index in [9.17, 15) is 13.2 Å². The van der Waals surface area contributed by atoms with Gasteiger partial charge >= 0.3 is 6.18 Å². The van der Waals surface area contributed by atoms with Gasteiger partial charge in [-0.25, -0.2) is 4.98 Å². The van der Waals surface area contributed by atoms with E-state index in [1.165, 1.54) is 12.8 Å². The molecule has 1 heterocycles. The maximum atomic E-state index is 12.8. The molecule has 0 fully saturated rings. The minimum absolute atomic E-state index is 0.0996. The summed E-state index contributed by atoms with van der Waals surface area (Å²) in [4.78, 5) is 4.13. The summed E-state index contributed by atoms with van der Waals surface area (Å²) < 4.78 is 38.5. The van der Waals surface area contributed by atoms with Crippen LogP contribution < -0.4 is 10.6 Å². The second-order valence-electron chi connectivity index (χ2n) is 5.27. The first-order valence-electron chi connectivity index (χ1n) is 7.40. The summed E-state index contributed by atoms with van der Waals surface area (Å²) in [6, 6.07) is 2.17. The number of rotatable bonds is 8. The number of unbranched alkanes of at least 4 members (excludes halogenated alkanes) is 3. The molecular formula is C15H24F3N3. The lowest BCUT2D eigenvalue weighted by molar-refractivity contribution is -0.137. The van der Waals surface area contributed by atoms with Crippen molar-refractivity contribution in [2.75, 3.05) is 17.7 Å². The number of hydrogen-bond donors (Lipinski definition) is 2. The molecule has 0 aliphatic carbocycles. The van der Waals surface area contributed by atoms with E-state index in [0.717, 1.165) is 31.4 Å². The first-order chi connectivity index (χ1) is 9.86. The van der Waals surface area contributed by atoms with Crippen molar-refractivity contribution in [3.8, 4) is 0 Å². The summed E-state index contributed by atoms with van der Waals surface area (Å²) in [5.74, 6) is 0.475. The Morgan fingerprint density at radius 3 is 2.38 bits per heavy atom. The summed E-state index contributed by atoms with van der Waals surface area (Å²) >= 11 is 0. The highest BCUT2D eigenvalue weighted by atomic mass is 19.4. The zero-order valence-electron chi connectivity index (χ0n) is 12.8. The Kier molecular flexibility index (Phi) is 6.78. The molecule has 1 unspecified atom stereocenters. The molecule has 0 aliphatic heterocycles. The molecule has 0 aliphatic rings. The maximum Gasteiger partial charge on any atom is 0.416 e. The van der Waals surface area contributed by atoms with E-state index in [0.29, 0.717) is 0 Å². The smallest absolute Gasteiger partial charge is 0.373 e. The van der Waals surface area contributed by atoms with Gasteiger partial charge < -0.3 is 10.6 Å². The van der Waals surface area contributed by atoms with E-state index in [1.54, 1.807) is 7.05 Å². The quantitative estimate of drug-likeness (QED) is 0.670. The molecule has 1 aromatic rings. The molecule has 0 spiro atoms. The molecule has 0 aromatic carbocycles. The second-order valence-corrected chi connectivity index (χ2v) is 5.27. The molecular weight excluding hydrogens is 279 g/mol. The van der Waals surface area contributed by atoms with Crippen LogP contribution in [0.2, 0.25) is 0 Å². The highest BCUT2D eigenvalue weighted by Gasteiger charge is 2.31. The van der Waals surface area contributed by atoms with Crippen molar-refractivity contribution in [2.24, 2.45) is 0 Å². The molecule has 120 valence electrons. The average Bonchev–Trinajstić information content (AvgIpc) is 2.42. The molecule has 1 atom stereocenters. The van der Waals surface area contributed by atoms with Gasteiger partial charge in [-0.15, -0.1) is 0 Å². The molecule has 6 heteroatoms. The lowest BCUT2D eigenvalue weighted by Gasteiger charge is -2.17. The Balaban J connectivity index is 2.69. The normalized spacial score (nSPS) is 13.0. The van der Waals surface area contributed by atoms with Gasteiger partial charge in [-0.3, -0.25) is 0 Å². The predicted octanol–water partition coefficient (Wildman–Crippen LogP) is 4.91. The van der Waals surface area contributed by atoms with Crippen molar-refractivity contribution < 1.29 is 13.2 Å². The van der Waals surface area contributed by atoms with E-state index in [4.69, 9.17) is 0 Å². The van der Waals surface area contributed by atoms with E-state index in [2.05, 4.69) is 22.5 Å². The molecule has 0 saturated heterocycles. The van der Waals surface area contributed by atoms with Gasteiger partial charge in [0.1, 0.15) is 11.6 Å². The van der Waals surface area contributed by atoms with Crippen LogP contribution in [0.1, 0.15) is 51.5 Å². The number of alkyl halides is 3. The lowest BCUT2D eigenvalue weighted by atomic mass is 10.1. The molecule has 3 nitrogen and oxygen atoms in total. The minimum atomic E-state index is -4.37. The third kappa shape index (κ3) is 6.23. The number of nitrogens with zero attached hydrogens (tertiary/aromatic N) is 1. The maximum absolute atomic E-state index is 12.8. The Bertz CT molecular complexity index is 433. The summed E-state index contributed by atoms with van der Waals surface area (Å²) in [6.07, 6.45) is 1.14. The minimum Gasteiger partial charge on any atom is -0.373 e. The van der Waals surface area contributed by atoms with Gasteiger partial charge in [-0.1, -0.05) is 32.6 Å². The first kappa shape index (κ1) is 17.6. The zero-order chi connectivity index (χ0) is 15.9. The fourth-order valence-electron chi connectivity index (χ4n) is 2.10. The van der Waals surface area contributed by atoms with Crippen molar-refractivity contribution in [1.29, 1.82) is 0 Å². The third-order valence-corrected chi connectivity index (χ3v) is 3.29. The van der Waals surface area contributed by atoms with Crippen molar-refractivity contribution in [2.45, 2.75) is 58.2 Å². The number of anilines is 2. The van der Waals surface area contributed by atoms with E-state index < -0.39 is 11.7 Å². The predicted molar refractivity (Wildman–Crippen MR) is 80.6 cm³/mol. The van der Waals surface area contributed by atoms with Crippen LogP contribution in [0.5, 0.6) is 0 Å². The Hall–Kier alpha value is -1.46. The van der Waals surface area contributed by atoms with Gasteiger partial charge in [0.05, 0.1) is 5.56 Å². The van der Waals surface area contributed by atoms with E-state index in [-0.39, 0.29) is 17.7 Å². The standard InChI is InChI=1S/C15H24F3N3/c1-4-5-6-7-8-11(2)20-14-10-12(15(16,17)18)9-13(19-3)21-14/h9-11H,4-8H2,1-3H3,(H2,19,20,21). The van der Waals surface area contributed by atoms with Gasteiger partial charge in [-0.2, -0.15) is 13.2 Å². The Morgan fingerprint density at radius 1 is 1.14 bits per heavy atom. The zero-order valence-corrected chi connectivity index (χ0v) is 12.8. The van der Waals surface area contributed by atoms with Gasteiger partial charge in [0.2, 0.25) is 0 Å². The molecule has 0 saturated carbocycles. The molecule has 21 heavy (non-hydrogen) atoms. The van der Waals surface area contributed by atoms with Gasteiger partial charge in [0, 0.05) is 13.1 Å². The average molecular weight is 303 g/mol. The fraction of sp³-hybridized carbons (Fsp3) is 0.667. The van der Waals surface area contributed by atoms with Gasteiger partial charge in [0.15, 0.2) is 0 Å². The van der Waals surface area contributed by atoms with E-state index in [1.807, 2.05) is 6.92 Å². The highest BCUT2D eigenvalue weighted by Crippen LogP contribution is 2.32. The lowest BCUT2D eigenvalue weighted by Crippen LogP contribution is -2.17. The van der Waals surface area contributed by atoms with Gasteiger partial charge in [-0.05, 0) is 25.5 Å². The molecule has 0 amide bonds. The van der Waals surface area contributed by atoms with Gasteiger partial charge in [0.25, 0.3) is 0 Å². The van der Waals surface area contributed by atoms with Crippen LogP contribution in [-0.2, 0) is 6.18 Å². The fourth-order valence-corrected chi connectivity index (χ4v) is 2.10. The summed E-state index contributed by atoms with van der Waals surface area (Å²) in [6.45, 7) is 4.11. The molecule has 2 N–H and O–H groups in total. The molecule has 0 bridgehead atoms. The Morgan fingerprint density at radius 2 is 1.81 bits per heavy atom. The van der Waals surface area contributed by atoms with Crippen LogP contribution in [0.15, 0.2) is 12.1 Å². The number of hydrogen-bond acceptors (Lipinski definition) is 3. The van der Waals surface area contributed by atoms with Crippen molar-refractivity contribution in [3.63, 3.8) is 0 Å². The first-order valence-corrected chi connectivity index (χ1v) is 7.40. The number of pyridine rings is 1. The topological polar surface area (TPSA) is 37.0 Å². The van der Waals surface area contributed by atoms with Crippen molar-refractivity contribution in [1.82, 2.24) is 4.98 Å². The van der Waals surface area contributed by atoms with Crippen LogP contribution in [0, 0.1) is 0 Å². The number of nitrogens with one attached hydrogen (secondary N) is 2. The van der Waals surface area contributed by atoms with Crippen LogP contribution >= 0.6 is 0 Å². The van der Waals surface area contributed by atoms with Crippen LogP contribution in [0.25, 0.3) is 0 Å². The molecule has 0 radical (unpaired) electrons. The number of halogens is 3. The molecule has 1 aromatic heterocycles. The van der Waals surface area contributed by atoms with Crippen LogP contribution in [0.3, 0.4) is 0 Å². The summed E-state index contributed by atoms with van der Waals surface area (Å²) in [5, 5.41) is 5.72. The SMILES string of the molecule is CCCCCCC(C)Nc1cc(C(F)(F)F)cc(NC)n1. The summed E-state index contributed by atoms with van der Waals surface area (Å²) in [5.41, 5.74) is -0.692. The monoisotopic (exact) mass is 303 g/mol. The summed E-state index contributed by atoms with van der Waals surface area (Å²) in [7, 11) is 1.56.